The molecule has 1 aromatic rings. The summed E-state index contributed by atoms with van der Waals surface area (Å²) in [7, 11) is 1.50. The Morgan fingerprint density at radius 2 is 2.22 bits per heavy atom. The van der Waals surface area contributed by atoms with Crippen molar-refractivity contribution < 1.29 is 9.13 Å². The van der Waals surface area contributed by atoms with E-state index in [4.69, 9.17) is 4.74 Å². The van der Waals surface area contributed by atoms with Crippen LogP contribution < -0.4 is 10.1 Å². The third kappa shape index (κ3) is 4.18. The molecule has 0 amide bonds. The standard InChI is InChI=1S/C14H22FNOS/c1-4-9-16-12(8-10-18-3)11-6-5-7-13(17-2)14(11)15/h5-7,12,16H,4,8-10H2,1-3H3. The van der Waals surface area contributed by atoms with Gasteiger partial charge in [0.1, 0.15) is 0 Å². The van der Waals surface area contributed by atoms with Gasteiger partial charge in [-0.05, 0) is 37.5 Å². The van der Waals surface area contributed by atoms with Crippen molar-refractivity contribution in [2.75, 3.05) is 25.7 Å². The van der Waals surface area contributed by atoms with Gasteiger partial charge in [0, 0.05) is 11.6 Å². The lowest BCUT2D eigenvalue weighted by molar-refractivity contribution is 0.378. The monoisotopic (exact) mass is 271 g/mol. The first kappa shape index (κ1) is 15.3. The third-order valence-corrected chi connectivity index (χ3v) is 3.48. The molecule has 2 nitrogen and oxygen atoms in total. The van der Waals surface area contributed by atoms with Crippen LogP contribution in [0.4, 0.5) is 4.39 Å². The van der Waals surface area contributed by atoms with Crippen LogP contribution in [0.15, 0.2) is 18.2 Å². The highest BCUT2D eigenvalue weighted by molar-refractivity contribution is 7.98. The van der Waals surface area contributed by atoms with Crippen molar-refractivity contribution >= 4 is 11.8 Å². The van der Waals surface area contributed by atoms with Crippen LogP contribution in [0.25, 0.3) is 0 Å². The minimum atomic E-state index is -0.241. The fourth-order valence-corrected chi connectivity index (χ4v) is 2.35. The molecule has 0 bridgehead atoms. The summed E-state index contributed by atoms with van der Waals surface area (Å²) in [5, 5.41) is 3.40. The van der Waals surface area contributed by atoms with Gasteiger partial charge in [0.2, 0.25) is 0 Å². The van der Waals surface area contributed by atoms with Crippen LogP contribution in [0.3, 0.4) is 0 Å². The lowest BCUT2D eigenvalue weighted by Gasteiger charge is -2.20. The summed E-state index contributed by atoms with van der Waals surface area (Å²) in [4.78, 5) is 0. The number of hydrogen-bond donors (Lipinski definition) is 1. The van der Waals surface area contributed by atoms with Crippen LogP contribution in [0.5, 0.6) is 5.75 Å². The molecule has 0 aliphatic rings. The molecule has 0 saturated carbocycles. The van der Waals surface area contributed by atoms with E-state index in [1.165, 1.54) is 7.11 Å². The SMILES string of the molecule is CCCNC(CCSC)c1cccc(OC)c1F. The minimum Gasteiger partial charge on any atom is -0.494 e. The summed E-state index contributed by atoms with van der Waals surface area (Å²) in [6.45, 7) is 3.01. The van der Waals surface area contributed by atoms with Gasteiger partial charge >= 0.3 is 0 Å². The fourth-order valence-electron chi connectivity index (χ4n) is 1.88. The molecular formula is C14H22FNOS. The number of benzene rings is 1. The summed E-state index contributed by atoms with van der Waals surface area (Å²) in [5.41, 5.74) is 0.705. The van der Waals surface area contributed by atoms with Gasteiger partial charge in [-0.15, -0.1) is 0 Å². The largest absolute Gasteiger partial charge is 0.494 e. The molecule has 0 aliphatic heterocycles. The van der Waals surface area contributed by atoms with E-state index in [1.807, 2.05) is 12.1 Å². The van der Waals surface area contributed by atoms with E-state index in [1.54, 1.807) is 17.8 Å². The van der Waals surface area contributed by atoms with Crippen molar-refractivity contribution in [2.45, 2.75) is 25.8 Å². The lowest BCUT2D eigenvalue weighted by atomic mass is 10.0. The predicted octanol–water partition coefficient (Wildman–Crippen LogP) is 3.63. The second-order valence-corrected chi connectivity index (χ2v) is 5.14. The molecule has 0 aromatic heterocycles. The molecule has 1 unspecified atom stereocenters. The van der Waals surface area contributed by atoms with Gasteiger partial charge in [0.15, 0.2) is 11.6 Å². The zero-order chi connectivity index (χ0) is 13.4. The van der Waals surface area contributed by atoms with E-state index < -0.39 is 0 Å². The van der Waals surface area contributed by atoms with Gasteiger partial charge in [-0.2, -0.15) is 11.8 Å². The van der Waals surface area contributed by atoms with Crippen LogP contribution in [0.1, 0.15) is 31.4 Å². The van der Waals surface area contributed by atoms with Crippen LogP contribution in [0, 0.1) is 5.82 Å². The Morgan fingerprint density at radius 1 is 1.44 bits per heavy atom. The molecule has 18 heavy (non-hydrogen) atoms. The smallest absolute Gasteiger partial charge is 0.169 e. The third-order valence-electron chi connectivity index (χ3n) is 2.84. The van der Waals surface area contributed by atoms with Crippen LogP contribution in [-0.4, -0.2) is 25.7 Å². The van der Waals surface area contributed by atoms with E-state index in [9.17, 15) is 4.39 Å². The highest BCUT2D eigenvalue weighted by atomic mass is 32.2. The molecule has 0 radical (unpaired) electrons. The Hall–Kier alpha value is -0.740. The van der Waals surface area contributed by atoms with Gasteiger partial charge in [0.25, 0.3) is 0 Å². The summed E-state index contributed by atoms with van der Waals surface area (Å²) in [6, 6.07) is 5.40. The molecule has 102 valence electrons. The Balaban J connectivity index is 2.88. The summed E-state index contributed by atoms with van der Waals surface area (Å²) >= 11 is 1.78. The topological polar surface area (TPSA) is 21.3 Å². The highest BCUT2D eigenvalue weighted by Gasteiger charge is 2.17. The van der Waals surface area contributed by atoms with Crippen LogP contribution in [-0.2, 0) is 0 Å². The zero-order valence-electron chi connectivity index (χ0n) is 11.3. The number of rotatable bonds is 8. The first-order valence-electron chi connectivity index (χ1n) is 6.29. The normalized spacial score (nSPS) is 12.4. The average molecular weight is 271 g/mol. The maximum Gasteiger partial charge on any atom is 0.169 e. The molecule has 4 heteroatoms. The van der Waals surface area contributed by atoms with E-state index in [0.717, 1.165) is 25.1 Å². The van der Waals surface area contributed by atoms with Crippen molar-refractivity contribution in [3.63, 3.8) is 0 Å². The second kappa shape index (κ2) is 8.38. The number of halogens is 1. The van der Waals surface area contributed by atoms with Crippen molar-refractivity contribution in [1.29, 1.82) is 0 Å². The Kier molecular flexibility index (Phi) is 7.13. The molecule has 1 aromatic carbocycles. The molecule has 1 atom stereocenters. The quantitative estimate of drug-likeness (QED) is 0.780. The number of ether oxygens (including phenoxy) is 1. The maximum atomic E-state index is 14.2. The number of methoxy groups -OCH3 is 1. The summed E-state index contributed by atoms with van der Waals surface area (Å²) < 4.78 is 19.2. The molecule has 0 spiro atoms. The van der Waals surface area contributed by atoms with Gasteiger partial charge in [0.05, 0.1) is 7.11 Å². The number of nitrogens with one attached hydrogen (secondary N) is 1. The Labute approximate surface area is 113 Å². The van der Waals surface area contributed by atoms with Gasteiger partial charge < -0.3 is 10.1 Å². The highest BCUT2D eigenvalue weighted by Crippen LogP contribution is 2.27. The molecule has 1 rings (SSSR count). The minimum absolute atomic E-state index is 0.0625. The van der Waals surface area contributed by atoms with E-state index in [-0.39, 0.29) is 11.9 Å². The molecule has 0 saturated heterocycles. The maximum absolute atomic E-state index is 14.2. The van der Waals surface area contributed by atoms with Gasteiger partial charge in [-0.25, -0.2) is 4.39 Å². The molecule has 0 heterocycles. The van der Waals surface area contributed by atoms with Crippen LogP contribution in [0.2, 0.25) is 0 Å². The molecule has 0 fully saturated rings. The predicted molar refractivity (Wildman–Crippen MR) is 77.0 cm³/mol. The van der Waals surface area contributed by atoms with Gasteiger partial charge in [-0.3, -0.25) is 0 Å². The lowest BCUT2D eigenvalue weighted by Crippen LogP contribution is -2.23. The molecule has 1 N–H and O–H groups in total. The van der Waals surface area contributed by atoms with Crippen molar-refractivity contribution in [1.82, 2.24) is 5.32 Å². The summed E-state index contributed by atoms with van der Waals surface area (Å²) in [5.74, 6) is 1.09. The first-order chi connectivity index (χ1) is 8.74. The number of hydrogen-bond acceptors (Lipinski definition) is 3. The van der Waals surface area contributed by atoms with Crippen molar-refractivity contribution in [2.24, 2.45) is 0 Å². The Morgan fingerprint density at radius 3 is 2.83 bits per heavy atom. The first-order valence-corrected chi connectivity index (χ1v) is 7.68. The molecule has 0 aliphatic carbocycles. The zero-order valence-corrected chi connectivity index (χ0v) is 12.1. The second-order valence-electron chi connectivity index (χ2n) is 4.15. The summed E-state index contributed by atoms with van der Waals surface area (Å²) in [6.07, 6.45) is 4.03. The molecular weight excluding hydrogens is 249 g/mol. The van der Waals surface area contributed by atoms with Crippen LogP contribution >= 0.6 is 11.8 Å². The number of thioether (sulfide) groups is 1. The van der Waals surface area contributed by atoms with E-state index in [2.05, 4.69) is 18.5 Å². The fraction of sp³-hybridized carbons (Fsp3) is 0.571. The van der Waals surface area contributed by atoms with Crippen molar-refractivity contribution in [3.05, 3.63) is 29.6 Å². The van der Waals surface area contributed by atoms with Gasteiger partial charge in [-0.1, -0.05) is 19.1 Å². The van der Waals surface area contributed by atoms with E-state index >= 15 is 0 Å². The van der Waals surface area contributed by atoms with E-state index in [0.29, 0.717) is 11.3 Å². The van der Waals surface area contributed by atoms with Crippen molar-refractivity contribution in [3.8, 4) is 5.75 Å². The average Bonchev–Trinajstić information content (AvgIpc) is 2.40. The Bertz CT molecular complexity index is 352.